The van der Waals surface area contributed by atoms with Gasteiger partial charge in [0.1, 0.15) is 18.1 Å². The molecule has 3 heteroatoms. The Labute approximate surface area is 118 Å². The molecule has 3 aromatic rings. The first-order chi connectivity index (χ1) is 9.65. The molecule has 1 aromatic heterocycles. The first-order valence-corrected chi connectivity index (χ1v) is 6.61. The molecule has 1 N–H and O–H groups in total. The average molecular weight is 267 g/mol. The van der Waals surface area contributed by atoms with E-state index in [-0.39, 0.29) is 5.75 Å². The predicted octanol–water partition coefficient (Wildman–Crippen LogP) is 3.77. The maximum Gasteiger partial charge on any atom is 0.128 e. The summed E-state index contributed by atoms with van der Waals surface area (Å²) in [7, 11) is 2.05. The van der Waals surface area contributed by atoms with Crippen LogP contribution in [-0.4, -0.2) is 9.67 Å². The van der Waals surface area contributed by atoms with Gasteiger partial charge in [0.2, 0.25) is 0 Å². The SMILES string of the molecule is Cc1cccc2cc(COc3cccc(O)c3)n(C)c12. The van der Waals surface area contributed by atoms with E-state index in [1.807, 2.05) is 6.07 Å². The van der Waals surface area contributed by atoms with Gasteiger partial charge in [0, 0.05) is 18.5 Å². The van der Waals surface area contributed by atoms with Crippen LogP contribution in [0, 0.1) is 6.92 Å². The van der Waals surface area contributed by atoms with Crippen molar-refractivity contribution in [2.75, 3.05) is 0 Å². The lowest BCUT2D eigenvalue weighted by atomic mass is 10.2. The lowest BCUT2D eigenvalue weighted by Crippen LogP contribution is -2.02. The molecule has 3 nitrogen and oxygen atoms in total. The van der Waals surface area contributed by atoms with Crippen molar-refractivity contribution in [1.29, 1.82) is 0 Å². The van der Waals surface area contributed by atoms with Gasteiger partial charge >= 0.3 is 0 Å². The molecule has 0 aliphatic heterocycles. The van der Waals surface area contributed by atoms with Crippen LogP contribution in [-0.2, 0) is 13.7 Å². The smallest absolute Gasteiger partial charge is 0.128 e. The van der Waals surface area contributed by atoms with Crippen LogP contribution in [0.3, 0.4) is 0 Å². The Morgan fingerprint density at radius 2 is 1.90 bits per heavy atom. The third kappa shape index (κ3) is 2.23. The first-order valence-electron chi connectivity index (χ1n) is 6.61. The second-order valence-corrected chi connectivity index (χ2v) is 4.99. The number of nitrogens with zero attached hydrogens (tertiary/aromatic N) is 1. The van der Waals surface area contributed by atoms with Crippen LogP contribution in [0.25, 0.3) is 10.9 Å². The predicted molar refractivity (Wildman–Crippen MR) is 80.1 cm³/mol. The minimum atomic E-state index is 0.218. The van der Waals surface area contributed by atoms with Gasteiger partial charge in [-0.1, -0.05) is 24.3 Å². The number of hydrogen-bond donors (Lipinski definition) is 1. The second kappa shape index (κ2) is 4.93. The van der Waals surface area contributed by atoms with Crippen LogP contribution in [0.15, 0.2) is 48.5 Å². The molecule has 0 unspecified atom stereocenters. The van der Waals surface area contributed by atoms with E-state index in [0.29, 0.717) is 12.4 Å². The fraction of sp³-hybridized carbons (Fsp3) is 0.176. The number of benzene rings is 2. The third-order valence-electron chi connectivity index (χ3n) is 3.56. The van der Waals surface area contributed by atoms with Crippen molar-refractivity contribution in [3.05, 3.63) is 59.8 Å². The summed E-state index contributed by atoms with van der Waals surface area (Å²) in [6, 6.07) is 15.3. The van der Waals surface area contributed by atoms with Gasteiger partial charge in [0.15, 0.2) is 0 Å². The van der Waals surface area contributed by atoms with Crippen molar-refractivity contribution >= 4 is 10.9 Å². The lowest BCUT2D eigenvalue weighted by Gasteiger charge is -2.08. The van der Waals surface area contributed by atoms with Gasteiger partial charge in [0.25, 0.3) is 0 Å². The number of ether oxygens (including phenoxy) is 1. The number of hydrogen-bond acceptors (Lipinski definition) is 2. The highest BCUT2D eigenvalue weighted by Crippen LogP contribution is 2.24. The Kier molecular flexibility index (Phi) is 3.11. The number of phenols is 1. The Balaban J connectivity index is 1.88. The fourth-order valence-corrected chi connectivity index (χ4v) is 2.55. The highest BCUT2D eigenvalue weighted by molar-refractivity contribution is 5.84. The van der Waals surface area contributed by atoms with Gasteiger partial charge in [-0.2, -0.15) is 0 Å². The van der Waals surface area contributed by atoms with E-state index >= 15 is 0 Å². The van der Waals surface area contributed by atoms with Crippen LogP contribution in [0.4, 0.5) is 0 Å². The molecule has 0 atom stereocenters. The molecular formula is C17H17NO2. The van der Waals surface area contributed by atoms with Crippen molar-refractivity contribution < 1.29 is 9.84 Å². The summed E-state index contributed by atoms with van der Waals surface area (Å²) in [5.74, 6) is 0.891. The van der Waals surface area contributed by atoms with Crippen molar-refractivity contribution in [1.82, 2.24) is 4.57 Å². The molecule has 0 aliphatic rings. The second-order valence-electron chi connectivity index (χ2n) is 4.99. The summed E-state index contributed by atoms with van der Waals surface area (Å²) in [6.45, 7) is 2.59. The van der Waals surface area contributed by atoms with E-state index in [2.05, 4.69) is 42.8 Å². The molecule has 0 aliphatic carbocycles. The highest BCUT2D eigenvalue weighted by atomic mass is 16.5. The minimum Gasteiger partial charge on any atom is -0.508 e. The number of aryl methyl sites for hydroxylation is 2. The monoisotopic (exact) mass is 267 g/mol. The van der Waals surface area contributed by atoms with Gasteiger partial charge in [-0.3, -0.25) is 0 Å². The van der Waals surface area contributed by atoms with E-state index in [4.69, 9.17) is 4.74 Å². The standard InChI is InChI=1S/C17H17NO2/c1-12-5-3-6-13-9-14(18(2)17(12)13)11-20-16-8-4-7-15(19)10-16/h3-10,19H,11H2,1-2H3. The molecule has 20 heavy (non-hydrogen) atoms. The van der Waals surface area contributed by atoms with Crippen LogP contribution in [0.2, 0.25) is 0 Å². The van der Waals surface area contributed by atoms with E-state index in [9.17, 15) is 5.11 Å². The number of rotatable bonds is 3. The maximum atomic E-state index is 9.43. The van der Waals surface area contributed by atoms with Crippen molar-refractivity contribution in [2.24, 2.45) is 7.05 Å². The van der Waals surface area contributed by atoms with Crippen molar-refractivity contribution in [3.63, 3.8) is 0 Å². The fourth-order valence-electron chi connectivity index (χ4n) is 2.55. The van der Waals surface area contributed by atoms with E-state index in [1.54, 1.807) is 18.2 Å². The zero-order valence-corrected chi connectivity index (χ0v) is 11.6. The number of aromatic nitrogens is 1. The molecule has 0 amide bonds. The van der Waals surface area contributed by atoms with E-state index in [1.165, 1.54) is 16.5 Å². The topological polar surface area (TPSA) is 34.4 Å². The van der Waals surface area contributed by atoms with E-state index < -0.39 is 0 Å². The van der Waals surface area contributed by atoms with Gasteiger partial charge in [-0.25, -0.2) is 0 Å². The van der Waals surface area contributed by atoms with Gasteiger partial charge in [0.05, 0.1) is 11.2 Å². The summed E-state index contributed by atoms with van der Waals surface area (Å²) in [5.41, 5.74) is 3.60. The van der Waals surface area contributed by atoms with Crippen LogP contribution >= 0.6 is 0 Å². The molecule has 0 fully saturated rings. The summed E-state index contributed by atoms with van der Waals surface area (Å²) >= 11 is 0. The van der Waals surface area contributed by atoms with Crippen molar-refractivity contribution in [3.8, 4) is 11.5 Å². The van der Waals surface area contributed by atoms with Crippen LogP contribution in [0.5, 0.6) is 11.5 Å². The first kappa shape index (κ1) is 12.6. The molecule has 0 radical (unpaired) electrons. The molecule has 102 valence electrons. The van der Waals surface area contributed by atoms with Gasteiger partial charge < -0.3 is 14.4 Å². The largest absolute Gasteiger partial charge is 0.508 e. The third-order valence-corrected chi connectivity index (χ3v) is 3.56. The summed E-state index contributed by atoms with van der Waals surface area (Å²) in [5, 5.41) is 10.7. The lowest BCUT2D eigenvalue weighted by molar-refractivity contribution is 0.296. The molecule has 0 spiro atoms. The van der Waals surface area contributed by atoms with Crippen molar-refractivity contribution in [2.45, 2.75) is 13.5 Å². The quantitative estimate of drug-likeness (QED) is 0.783. The molecule has 1 heterocycles. The molecule has 3 rings (SSSR count). The summed E-state index contributed by atoms with van der Waals surface area (Å²) in [4.78, 5) is 0. The van der Waals surface area contributed by atoms with Gasteiger partial charge in [-0.05, 0) is 30.7 Å². The average Bonchev–Trinajstić information content (AvgIpc) is 2.75. The number of fused-ring (bicyclic) bond motifs is 1. The zero-order chi connectivity index (χ0) is 14.1. The van der Waals surface area contributed by atoms with Gasteiger partial charge in [-0.15, -0.1) is 0 Å². The van der Waals surface area contributed by atoms with Crippen LogP contribution in [0.1, 0.15) is 11.3 Å². The Hall–Kier alpha value is -2.42. The zero-order valence-electron chi connectivity index (χ0n) is 11.6. The van der Waals surface area contributed by atoms with Crippen LogP contribution < -0.4 is 4.74 Å². The molecule has 0 saturated carbocycles. The number of phenolic OH excluding ortho intramolecular Hbond substituents is 1. The molecule has 0 bridgehead atoms. The van der Waals surface area contributed by atoms with E-state index in [0.717, 1.165) is 5.69 Å². The minimum absolute atomic E-state index is 0.218. The highest BCUT2D eigenvalue weighted by Gasteiger charge is 2.08. The molecule has 0 saturated heterocycles. The normalized spacial score (nSPS) is 10.9. The Bertz CT molecular complexity index is 759. The Morgan fingerprint density at radius 3 is 2.65 bits per heavy atom. The maximum absolute atomic E-state index is 9.43. The number of aromatic hydroxyl groups is 1. The summed E-state index contributed by atoms with van der Waals surface area (Å²) in [6.07, 6.45) is 0. The summed E-state index contributed by atoms with van der Waals surface area (Å²) < 4.78 is 7.90. The Morgan fingerprint density at radius 1 is 1.10 bits per heavy atom. The molecule has 2 aromatic carbocycles. The number of para-hydroxylation sites is 1. The molecular weight excluding hydrogens is 250 g/mol.